The second-order valence-corrected chi connectivity index (χ2v) is 21.3. The maximum atomic E-state index is 13.0. The molecule has 8 nitrogen and oxygen atoms in total. The third-order valence-electron chi connectivity index (χ3n) is 12.1. The van der Waals surface area contributed by atoms with Crippen LogP contribution in [0.2, 0.25) is 0 Å². The van der Waals surface area contributed by atoms with Crippen molar-refractivity contribution in [2.24, 2.45) is 0 Å². The Hall–Kier alpha value is -2.32. The lowest BCUT2D eigenvalue weighted by Gasteiger charge is -2.30. The Labute approximate surface area is 420 Å². The molecule has 0 heterocycles. The lowest BCUT2D eigenvalue weighted by atomic mass is 10.0. The lowest BCUT2D eigenvalue weighted by molar-refractivity contribution is -0.870. The minimum Gasteiger partial charge on any atom is -0.756 e. The van der Waals surface area contributed by atoms with Crippen LogP contribution >= 0.6 is 7.82 Å². The van der Waals surface area contributed by atoms with Crippen molar-refractivity contribution in [2.45, 2.75) is 244 Å². The summed E-state index contributed by atoms with van der Waals surface area (Å²) in [5.74, 6) is -0.198. The minimum atomic E-state index is -4.59. The number of amides is 1. The topological polar surface area (TPSA) is 108 Å². The number of aliphatic hydroxyl groups is 1. The molecule has 3 atom stereocenters. The Morgan fingerprint density at radius 3 is 1.29 bits per heavy atom. The van der Waals surface area contributed by atoms with Crippen molar-refractivity contribution >= 4 is 13.7 Å². The van der Waals surface area contributed by atoms with Crippen LogP contribution in [0.1, 0.15) is 232 Å². The first kappa shape index (κ1) is 65.7. The fourth-order valence-electron chi connectivity index (χ4n) is 7.79. The maximum absolute atomic E-state index is 13.0. The highest BCUT2D eigenvalue weighted by Crippen LogP contribution is 2.38. The number of nitrogens with zero attached hydrogens (tertiary/aromatic N) is 1. The standard InChI is InChI=1S/C59H107N2O6P/c1-6-8-10-12-14-16-18-20-22-24-26-28-29-30-31-33-35-37-39-41-43-45-47-49-51-53-59(63)60-57(56-67-68(64,65)66-55-54-61(3,4)5)58(62)52-50-48-46-44-42-40-38-36-34-32-27-25-23-21-19-17-15-13-11-9-7-2/h8,10,14,16,20,22,26,28,30-31,35,37,41,43,57-58,62H,6-7,9,11-13,15,17-19,21,23-25,27,29,32-34,36,38-40,42,44-56H2,1-5H3,(H-,60,63,64,65)/b10-8-,16-14-,22-20-,28-26-,31-30-,37-35-,43-41-. The van der Waals surface area contributed by atoms with Crippen molar-refractivity contribution in [2.75, 3.05) is 40.9 Å². The summed E-state index contributed by atoms with van der Waals surface area (Å²) < 4.78 is 23.4. The maximum Gasteiger partial charge on any atom is 0.268 e. The molecule has 394 valence electrons. The van der Waals surface area contributed by atoms with E-state index < -0.39 is 20.0 Å². The van der Waals surface area contributed by atoms with E-state index in [2.05, 4.69) is 104 Å². The van der Waals surface area contributed by atoms with Crippen molar-refractivity contribution in [3.8, 4) is 0 Å². The fourth-order valence-corrected chi connectivity index (χ4v) is 8.51. The highest BCUT2D eigenvalue weighted by atomic mass is 31.2. The molecule has 0 saturated heterocycles. The SMILES string of the molecule is CC/C=C\C/C=C\C/C=C\C/C=C\C/C=C\C/C=C\C/C=C\CCCCCC(=O)NC(COP(=O)([O-])OCC[N+](C)(C)C)C(O)CCCCCCCCCCCCCCCCCCCCCCC. The highest BCUT2D eigenvalue weighted by molar-refractivity contribution is 7.45. The smallest absolute Gasteiger partial charge is 0.268 e. The number of hydrogen-bond donors (Lipinski definition) is 2. The first-order chi connectivity index (χ1) is 33.0. The van der Waals surface area contributed by atoms with E-state index in [1.54, 1.807) is 0 Å². The summed E-state index contributed by atoms with van der Waals surface area (Å²) in [6, 6.07) is -0.825. The van der Waals surface area contributed by atoms with Crippen molar-refractivity contribution in [1.82, 2.24) is 5.32 Å². The molecule has 0 aromatic heterocycles. The van der Waals surface area contributed by atoms with Crippen LogP contribution < -0.4 is 10.2 Å². The molecular formula is C59H107N2O6P. The highest BCUT2D eigenvalue weighted by Gasteiger charge is 2.24. The van der Waals surface area contributed by atoms with Gasteiger partial charge in [-0.25, -0.2) is 0 Å². The first-order valence-corrected chi connectivity index (χ1v) is 29.4. The van der Waals surface area contributed by atoms with E-state index in [1.165, 1.54) is 116 Å². The van der Waals surface area contributed by atoms with Crippen LogP contribution in [0.15, 0.2) is 85.1 Å². The average molecular weight is 971 g/mol. The number of nitrogens with one attached hydrogen (secondary N) is 1. The van der Waals surface area contributed by atoms with Gasteiger partial charge in [-0.05, 0) is 70.6 Å². The van der Waals surface area contributed by atoms with Gasteiger partial charge in [0.1, 0.15) is 13.2 Å². The number of phosphoric acid groups is 1. The minimum absolute atomic E-state index is 0.000985. The van der Waals surface area contributed by atoms with E-state index in [0.717, 1.165) is 89.9 Å². The van der Waals surface area contributed by atoms with E-state index in [1.807, 2.05) is 21.1 Å². The zero-order valence-corrected chi connectivity index (χ0v) is 45.7. The summed E-state index contributed by atoms with van der Waals surface area (Å²) >= 11 is 0. The van der Waals surface area contributed by atoms with Gasteiger partial charge in [0, 0.05) is 6.42 Å². The number of aliphatic hydroxyl groups excluding tert-OH is 1. The molecular weight excluding hydrogens is 864 g/mol. The van der Waals surface area contributed by atoms with Gasteiger partial charge in [0.2, 0.25) is 5.91 Å². The van der Waals surface area contributed by atoms with Crippen LogP contribution in [-0.2, 0) is 18.4 Å². The predicted molar refractivity (Wildman–Crippen MR) is 293 cm³/mol. The number of unbranched alkanes of at least 4 members (excludes halogenated alkanes) is 23. The second kappa shape index (κ2) is 49.7. The molecule has 0 aliphatic carbocycles. The van der Waals surface area contributed by atoms with E-state index in [9.17, 15) is 19.4 Å². The molecule has 0 aromatic carbocycles. The monoisotopic (exact) mass is 971 g/mol. The van der Waals surface area contributed by atoms with Crippen molar-refractivity contribution in [3.63, 3.8) is 0 Å². The summed E-state index contributed by atoms with van der Waals surface area (Å²) in [5, 5.41) is 14.0. The zero-order valence-electron chi connectivity index (χ0n) is 44.8. The van der Waals surface area contributed by atoms with Crippen LogP contribution in [0.3, 0.4) is 0 Å². The quantitative estimate of drug-likeness (QED) is 0.0272. The summed E-state index contributed by atoms with van der Waals surface area (Å²) in [6.45, 7) is 4.59. The number of carbonyl (C=O) groups excluding carboxylic acids is 1. The van der Waals surface area contributed by atoms with Gasteiger partial charge in [-0.3, -0.25) is 9.36 Å². The number of likely N-dealkylation sites (N-methyl/N-ethyl adjacent to an activating group) is 1. The summed E-state index contributed by atoms with van der Waals surface area (Å²) in [4.78, 5) is 25.5. The molecule has 3 unspecified atom stereocenters. The van der Waals surface area contributed by atoms with Crippen LogP contribution in [0.4, 0.5) is 0 Å². The molecule has 0 bridgehead atoms. The number of carbonyl (C=O) groups is 1. The van der Waals surface area contributed by atoms with Gasteiger partial charge in [-0.2, -0.15) is 0 Å². The van der Waals surface area contributed by atoms with Crippen molar-refractivity contribution in [3.05, 3.63) is 85.1 Å². The van der Waals surface area contributed by atoms with E-state index >= 15 is 0 Å². The molecule has 0 aliphatic rings. The van der Waals surface area contributed by atoms with Gasteiger partial charge in [0.25, 0.3) is 7.82 Å². The molecule has 0 spiro atoms. The predicted octanol–water partition coefficient (Wildman–Crippen LogP) is 16.2. The molecule has 0 rings (SSSR count). The Kier molecular flexibility index (Phi) is 48.0. The molecule has 0 radical (unpaired) electrons. The number of allylic oxidation sites excluding steroid dienone is 14. The Morgan fingerprint density at radius 1 is 0.529 bits per heavy atom. The van der Waals surface area contributed by atoms with Gasteiger partial charge in [0.15, 0.2) is 0 Å². The normalized spacial score (nSPS) is 14.6. The van der Waals surface area contributed by atoms with Gasteiger partial charge in [0.05, 0.1) is 39.9 Å². The summed E-state index contributed by atoms with van der Waals surface area (Å²) in [5.41, 5.74) is 0. The molecule has 9 heteroatoms. The first-order valence-electron chi connectivity index (χ1n) is 27.9. The Morgan fingerprint density at radius 2 is 0.897 bits per heavy atom. The second-order valence-electron chi connectivity index (χ2n) is 19.9. The molecule has 68 heavy (non-hydrogen) atoms. The molecule has 0 saturated carbocycles. The fraction of sp³-hybridized carbons (Fsp3) is 0.746. The molecule has 1 amide bonds. The van der Waals surface area contributed by atoms with Crippen LogP contribution in [0, 0.1) is 0 Å². The molecule has 0 aromatic rings. The summed E-state index contributed by atoms with van der Waals surface area (Å²) in [6.07, 6.45) is 68.9. The third-order valence-corrected chi connectivity index (χ3v) is 13.1. The van der Waals surface area contributed by atoms with E-state index in [0.29, 0.717) is 23.9 Å². The Bertz CT molecular complexity index is 1380. The van der Waals surface area contributed by atoms with Crippen molar-refractivity contribution in [1.29, 1.82) is 0 Å². The van der Waals surface area contributed by atoms with Gasteiger partial charge < -0.3 is 28.8 Å². The zero-order chi connectivity index (χ0) is 49.9. The van der Waals surface area contributed by atoms with Crippen molar-refractivity contribution < 1.29 is 32.9 Å². The molecule has 0 aliphatic heterocycles. The van der Waals surface area contributed by atoms with Crippen LogP contribution in [0.25, 0.3) is 0 Å². The number of phosphoric ester groups is 1. The third kappa shape index (κ3) is 51.5. The Balaban J connectivity index is 4.31. The molecule has 0 fully saturated rings. The molecule has 2 N–H and O–H groups in total. The van der Waals surface area contributed by atoms with E-state index in [4.69, 9.17) is 9.05 Å². The van der Waals surface area contributed by atoms with Gasteiger partial charge in [-0.1, -0.05) is 240 Å². The van der Waals surface area contributed by atoms with Gasteiger partial charge >= 0.3 is 0 Å². The number of quaternary nitrogens is 1. The number of hydrogen-bond acceptors (Lipinski definition) is 6. The lowest BCUT2D eigenvalue weighted by Crippen LogP contribution is -2.46. The average Bonchev–Trinajstić information content (AvgIpc) is 3.30. The van der Waals surface area contributed by atoms with Crippen LogP contribution in [-0.4, -0.2) is 68.5 Å². The van der Waals surface area contributed by atoms with Crippen LogP contribution in [0.5, 0.6) is 0 Å². The van der Waals surface area contributed by atoms with Gasteiger partial charge in [-0.15, -0.1) is 0 Å². The number of rotatable bonds is 50. The van der Waals surface area contributed by atoms with E-state index in [-0.39, 0.29) is 19.1 Å². The largest absolute Gasteiger partial charge is 0.756 e. The summed E-state index contributed by atoms with van der Waals surface area (Å²) in [7, 11) is 1.27.